The third-order valence-electron chi connectivity index (χ3n) is 2.50. The number of rotatable bonds is 4. The van der Waals surface area contributed by atoms with Crippen molar-refractivity contribution in [2.45, 2.75) is 12.5 Å². The van der Waals surface area contributed by atoms with E-state index in [-0.39, 0.29) is 5.75 Å². The van der Waals surface area contributed by atoms with Crippen LogP contribution in [0.25, 0.3) is 0 Å². The normalized spacial score (nSPS) is 12.4. The topological polar surface area (TPSA) is 58.1 Å². The summed E-state index contributed by atoms with van der Waals surface area (Å²) >= 11 is 0. The lowest BCUT2D eigenvalue weighted by Gasteiger charge is -2.10. The van der Waals surface area contributed by atoms with Crippen LogP contribution in [0, 0.1) is 5.82 Å². The van der Waals surface area contributed by atoms with E-state index in [1.165, 1.54) is 19.2 Å². The fourth-order valence-electron chi connectivity index (χ4n) is 1.60. The molecule has 90 valence electrons. The second kappa shape index (κ2) is 4.97. The zero-order valence-electron chi connectivity index (χ0n) is 9.35. The molecule has 17 heavy (non-hydrogen) atoms. The number of hydrogen-bond donors (Lipinski definition) is 2. The van der Waals surface area contributed by atoms with E-state index in [1.807, 2.05) is 0 Å². The molecule has 0 saturated heterocycles. The highest BCUT2D eigenvalue weighted by Gasteiger charge is 2.12. The van der Waals surface area contributed by atoms with Crippen LogP contribution in [0.3, 0.4) is 0 Å². The summed E-state index contributed by atoms with van der Waals surface area (Å²) < 4.78 is 18.2. The van der Waals surface area contributed by atoms with Crippen LogP contribution in [0.2, 0.25) is 0 Å². The van der Waals surface area contributed by atoms with Crippen LogP contribution in [-0.4, -0.2) is 22.2 Å². The maximum atomic E-state index is 13.4. The van der Waals surface area contributed by atoms with Gasteiger partial charge in [-0.25, -0.2) is 9.37 Å². The first-order chi connectivity index (χ1) is 8.20. The van der Waals surface area contributed by atoms with E-state index < -0.39 is 11.9 Å². The smallest absolute Gasteiger partial charge is 0.165 e. The number of methoxy groups -OCH3 is 1. The number of aromatic amines is 1. The minimum Gasteiger partial charge on any atom is -0.494 e. The number of nitrogens with zero attached hydrogens (tertiary/aromatic N) is 1. The highest BCUT2D eigenvalue weighted by Crippen LogP contribution is 2.23. The molecule has 1 aromatic carbocycles. The Hall–Kier alpha value is -1.88. The molecule has 0 bridgehead atoms. The van der Waals surface area contributed by atoms with Crippen LogP contribution >= 0.6 is 0 Å². The molecule has 1 heterocycles. The van der Waals surface area contributed by atoms with Gasteiger partial charge in [-0.3, -0.25) is 0 Å². The Morgan fingerprint density at radius 3 is 2.94 bits per heavy atom. The number of benzene rings is 1. The van der Waals surface area contributed by atoms with Gasteiger partial charge in [0.1, 0.15) is 5.82 Å². The van der Waals surface area contributed by atoms with Crippen molar-refractivity contribution in [2.24, 2.45) is 0 Å². The second-order valence-electron chi connectivity index (χ2n) is 3.65. The van der Waals surface area contributed by atoms with Crippen molar-refractivity contribution >= 4 is 0 Å². The predicted octanol–water partition coefficient (Wildman–Crippen LogP) is 1.83. The number of halogens is 1. The largest absolute Gasteiger partial charge is 0.494 e. The van der Waals surface area contributed by atoms with Crippen LogP contribution in [0.1, 0.15) is 17.5 Å². The maximum Gasteiger partial charge on any atom is 0.165 e. The van der Waals surface area contributed by atoms with Gasteiger partial charge in [0, 0.05) is 18.8 Å². The molecule has 0 saturated carbocycles. The number of ether oxygens (including phenoxy) is 1. The molecule has 0 spiro atoms. The van der Waals surface area contributed by atoms with E-state index in [0.29, 0.717) is 17.8 Å². The molecule has 2 aromatic rings. The summed E-state index contributed by atoms with van der Waals surface area (Å²) in [4.78, 5) is 6.89. The van der Waals surface area contributed by atoms with Crippen molar-refractivity contribution in [1.29, 1.82) is 0 Å². The average Bonchev–Trinajstić information content (AvgIpc) is 2.81. The lowest BCUT2D eigenvalue weighted by molar-refractivity contribution is 0.175. The summed E-state index contributed by atoms with van der Waals surface area (Å²) in [6.07, 6.45) is 2.81. The Morgan fingerprint density at radius 1 is 1.53 bits per heavy atom. The number of H-pyrrole nitrogens is 1. The summed E-state index contributed by atoms with van der Waals surface area (Å²) in [5, 5.41) is 9.91. The molecule has 2 N–H and O–H groups in total. The number of nitrogens with one attached hydrogen (secondary N) is 1. The highest BCUT2D eigenvalue weighted by atomic mass is 19.1. The van der Waals surface area contributed by atoms with Gasteiger partial charge < -0.3 is 14.8 Å². The summed E-state index contributed by atoms with van der Waals surface area (Å²) in [5.74, 6) is 0.344. The Kier molecular flexibility index (Phi) is 3.39. The first-order valence-electron chi connectivity index (χ1n) is 5.20. The quantitative estimate of drug-likeness (QED) is 0.851. The van der Waals surface area contributed by atoms with Gasteiger partial charge in [-0.2, -0.15) is 0 Å². The summed E-state index contributed by atoms with van der Waals surface area (Å²) in [5.41, 5.74) is 0.500. The summed E-state index contributed by atoms with van der Waals surface area (Å²) in [7, 11) is 1.40. The van der Waals surface area contributed by atoms with Crippen molar-refractivity contribution in [3.8, 4) is 5.75 Å². The minimum atomic E-state index is -0.790. The molecule has 0 aliphatic carbocycles. The molecule has 0 fully saturated rings. The third kappa shape index (κ3) is 2.62. The molecule has 5 heteroatoms. The number of imidazole rings is 1. The Balaban J connectivity index is 2.14. The first kappa shape index (κ1) is 11.6. The zero-order chi connectivity index (χ0) is 12.3. The molecule has 0 aliphatic heterocycles. The number of aliphatic hydroxyl groups excluding tert-OH is 1. The van der Waals surface area contributed by atoms with E-state index in [0.717, 1.165) is 0 Å². The summed E-state index contributed by atoms with van der Waals surface area (Å²) in [6.45, 7) is 0. The minimum absolute atomic E-state index is 0.166. The van der Waals surface area contributed by atoms with E-state index in [1.54, 1.807) is 18.5 Å². The van der Waals surface area contributed by atoms with Gasteiger partial charge in [-0.15, -0.1) is 0 Å². The van der Waals surface area contributed by atoms with Gasteiger partial charge in [0.2, 0.25) is 0 Å². The molecule has 2 rings (SSSR count). The molecule has 1 atom stereocenters. The Bertz CT molecular complexity index is 485. The predicted molar refractivity (Wildman–Crippen MR) is 60.2 cm³/mol. The molecule has 1 unspecified atom stereocenters. The van der Waals surface area contributed by atoms with Gasteiger partial charge in [-0.05, 0) is 17.7 Å². The molecular weight excluding hydrogens is 223 g/mol. The van der Waals surface area contributed by atoms with Gasteiger partial charge in [0.15, 0.2) is 11.6 Å². The van der Waals surface area contributed by atoms with Crippen molar-refractivity contribution in [1.82, 2.24) is 9.97 Å². The average molecular weight is 236 g/mol. The molecular formula is C12H13FN2O2. The lowest BCUT2D eigenvalue weighted by atomic mass is 10.1. The van der Waals surface area contributed by atoms with E-state index in [2.05, 4.69) is 9.97 Å². The molecule has 1 aromatic heterocycles. The third-order valence-corrected chi connectivity index (χ3v) is 2.50. The van der Waals surface area contributed by atoms with Crippen molar-refractivity contribution in [3.63, 3.8) is 0 Å². The van der Waals surface area contributed by atoms with Gasteiger partial charge in [-0.1, -0.05) is 6.07 Å². The lowest BCUT2D eigenvalue weighted by Crippen LogP contribution is -2.04. The maximum absolute atomic E-state index is 13.4. The molecule has 0 amide bonds. The number of aliphatic hydroxyl groups is 1. The number of aromatic nitrogens is 2. The summed E-state index contributed by atoms with van der Waals surface area (Å²) in [6, 6.07) is 4.40. The molecule has 4 nitrogen and oxygen atoms in total. The molecule has 0 radical (unpaired) electrons. The van der Waals surface area contributed by atoms with Crippen molar-refractivity contribution in [3.05, 3.63) is 47.8 Å². The van der Waals surface area contributed by atoms with Crippen LogP contribution in [-0.2, 0) is 6.42 Å². The second-order valence-corrected chi connectivity index (χ2v) is 3.65. The van der Waals surface area contributed by atoms with Crippen LogP contribution < -0.4 is 4.74 Å². The number of hydrogen-bond acceptors (Lipinski definition) is 3. The van der Waals surface area contributed by atoms with E-state index >= 15 is 0 Å². The highest BCUT2D eigenvalue weighted by molar-refractivity contribution is 5.30. The van der Waals surface area contributed by atoms with Gasteiger partial charge >= 0.3 is 0 Å². The Labute approximate surface area is 98.1 Å². The van der Waals surface area contributed by atoms with E-state index in [4.69, 9.17) is 4.74 Å². The fraction of sp³-hybridized carbons (Fsp3) is 0.250. The zero-order valence-corrected chi connectivity index (χ0v) is 9.35. The van der Waals surface area contributed by atoms with E-state index in [9.17, 15) is 9.50 Å². The standard InChI is InChI=1S/C12H13FN2O2/c1-17-11-3-2-8(6-9(11)13)10(16)7-12-14-4-5-15-12/h2-6,10,16H,7H2,1H3,(H,14,15). The Morgan fingerprint density at radius 2 is 2.35 bits per heavy atom. The van der Waals surface area contributed by atoms with Crippen LogP contribution in [0.5, 0.6) is 5.75 Å². The first-order valence-corrected chi connectivity index (χ1v) is 5.20. The fourth-order valence-corrected chi connectivity index (χ4v) is 1.60. The van der Waals surface area contributed by atoms with Crippen LogP contribution in [0.4, 0.5) is 4.39 Å². The van der Waals surface area contributed by atoms with Crippen molar-refractivity contribution in [2.75, 3.05) is 7.11 Å². The molecule has 0 aliphatic rings. The van der Waals surface area contributed by atoms with Crippen molar-refractivity contribution < 1.29 is 14.2 Å². The van der Waals surface area contributed by atoms with Crippen LogP contribution in [0.15, 0.2) is 30.6 Å². The SMILES string of the molecule is COc1ccc(C(O)Cc2ncc[nH]2)cc1F. The van der Waals surface area contributed by atoms with Gasteiger partial charge in [0.25, 0.3) is 0 Å². The van der Waals surface area contributed by atoms with Gasteiger partial charge in [0.05, 0.1) is 13.2 Å². The monoisotopic (exact) mass is 236 g/mol.